The van der Waals surface area contributed by atoms with Crippen LogP contribution in [0.1, 0.15) is 46.7 Å². The Labute approximate surface area is 195 Å². The van der Waals surface area contributed by atoms with Gasteiger partial charge in [-0.15, -0.1) is 0 Å². The lowest BCUT2D eigenvalue weighted by Gasteiger charge is -2.32. The zero-order chi connectivity index (χ0) is 22.9. The van der Waals surface area contributed by atoms with Crippen molar-refractivity contribution < 1.29 is 9.59 Å². The van der Waals surface area contributed by atoms with Crippen LogP contribution < -0.4 is 10.6 Å². The van der Waals surface area contributed by atoms with Gasteiger partial charge in [0.15, 0.2) is 0 Å². The summed E-state index contributed by atoms with van der Waals surface area (Å²) < 4.78 is 0. The van der Waals surface area contributed by atoms with E-state index in [0.29, 0.717) is 25.2 Å². The number of urea groups is 1. The van der Waals surface area contributed by atoms with Crippen molar-refractivity contribution in [3.05, 3.63) is 108 Å². The highest BCUT2D eigenvalue weighted by Gasteiger charge is 2.24. The summed E-state index contributed by atoms with van der Waals surface area (Å²) in [7, 11) is 0. The van der Waals surface area contributed by atoms with Crippen LogP contribution in [0.3, 0.4) is 0 Å². The van der Waals surface area contributed by atoms with E-state index in [9.17, 15) is 9.59 Å². The lowest BCUT2D eigenvalue weighted by Crippen LogP contribution is -2.49. The van der Waals surface area contributed by atoms with Crippen LogP contribution in [0.4, 0.5) is 4.79 Å². The molecule has 0 atom stereocenters. The molecule has 1 fully saturated rings. The Balaban J connectivity index is 1.23. The molecule has 0 saturated carbocycles. The first-order valence-corrected chi connectivity index (χ1v) is 11.7. The summed E-state index contributed by atoms with van der Waals surface area (Å²) in [4.78, 5) is 27.0. The van der Waals surface area contributed by atoms with Gasteiger partial charge in [0.1, 0.15) is 0 Å². The van der Waals surface area contributed by atoms with Crippen molar-refractivity contribution in [3.8, 4) is 0 Å². The molecule has 0 unspecified atom stereocenters. The summed E-state index contributed by atoms with van der Waals surface area (Å²) in [5.74, 6) is 0.298. The Morgan fingerprint density at radius 1 is 0.788 bits per heavy atom. The Hall–Kier alpha value is -3.60. The third-order valence-corrected chi connectivity index (χ3v) is 6.26. The molecule has 0 bridgehead atoms. The predicted octanol–water partition coefficient (Wildman–Crippen LogP) is 4.81. The summed E-state index contributed by atoms with van der Waals surface area (Å²) >= 11 is 0. The van der Waals surface area contributed by atoms with Gasteiger partial charge in [0.05, 0.1) is 0 Å². The van der Waals surface area contributed by atoms with E-state index in [1.54, 1.807) is 0 Å². The lowest BCUT2D eigenvalue weighted by molar-refractivity contribution is 0.0708. The first-order chi connectivity index (χ1) is 16.2. The van der Waals surface area contributed by atoms with E-state index in [4.69, 9.17) is 0 Å². The minimum atomic E-state index is -0.136. The standard InChI is InChI=1S/C28H31N3O2/c32-27(24-14-8-3-9-15-24)31-20-17-25(18-21-31)30-28(33)29-19-16-26(22-10-4-1-5-11-22)23-12-6-2-7-13-23/h1-15,25-26H,16-21H2,(H2,29,30,33). The molecule has 2 N–H and O–H groups in total. The van der Waals surface area contributed by atoms with E-state index in [2.05, 4.69) is 59.2 Å². The van der Waals surface area contributed by atoms with Gasteiger partial charge in [-0.25, -0.2) is 4.79 Å². The number of benzene rings is 3. The molecule has 3 amide bonds. The number of hydrogen-bond acceptors (Lipinski definition) is 2. The highest BCUT2D eigenvalue weighted by atomic mass is 16.2. The maximum Gasteiger partial charge on any atom is 0.315 e. The molecule has 5 heteroatoms. The van der Waals surface area contributed by atoms with Gasteiger partial charge in [0, 0.05) is 37.2 Å². The average molecular weight is 442 g/mol. The van der Waals surface area contributed by atoms with Crippen molar-refractivity contribution in [1.29, 1.82) is 0 Å². The number of rotatable bonds is 7. The second-order valence-electron chi connectivity index (χ2n) is 8.50. The van der Waals surface area contributed by atoms with Gasteiger partial charge in [0.2, 0.25) is 0 Å². The summed E-state index contributed by atoms with van der Waals surface area (Å²) in [5.41, 5.74) is 3.22. The molecule has 0 spiro atoms. The minimum absolute atomic E-state index is 0.0615. The zero-order valence-corrected chi connectivity index (χ0v) is 18.8. The number of hydrogen-bond donors (Lipinski definition) is 2. The number of nitrogens with one attached hydrogen (secondary N) is 2. The first-order valence-electron chi connectivity index (χ1n) is 11.7. The number of nitrogens with zero attached hydrogens (tertiary/aromatic N) is 1. The molecule has 33 heavy (non-hydrogen) atoms. The van der Waals surface area contributed by atoms with Crippen molar-refractivity contribution in [1.82, 2.24) is 15.5 Å². The molecular formula is C28H31N3O2. The predicted molar refractivity (Wildman–Crippen MR) is 131 cm³/mol. The van der Waals surface area contributed by atoms with Crippen LogP contribution in [0.25, 0.3) is 0 Å². The second-order valence-corrected chi connectivity index (χ2v) is 8.50. The van der Waals surface area contributed by atoms with Crippen molar-refractivity contribution in [2.75, 3.05) is 19.6 Å². The fourth-order valence-electron chi connectivity index (χ4n) is 4.45. The maximum atomic E-state index is 12.6. The molecule has 0 radical (unpaired) electrons. The van der Waals surface area contributed by atoms with Crippen LogP contribution in [0.2, 0.25) is 0 Å². The van der Waals surface area contributed by atoms with Crippen LogP contribution >= 0.6 is 0 Å². The van der Waals surface area contributed by atoms with Crippen molar-refractivity contribution in [2.45, 2.75) is 31.2 Å². The molecule has 3 aromatic rings. The highest BCUT2D eigenvalue weighted by Crippen LogP contribution is 2.27. The van der Waals surface area contributed by atoms with E-state index < -0.39 is 0 Å². The summed E-state index contributed by atoms with van der Waals surface area (Å²) in [6, 6.07) is 30.1. The quantitative estimate of drug-likeness (QED) is 0.553. The Kier molecular flexibility index (Phi) is 7.75. The summed E-state index contributed by atoms with van der Waals surface area (Å²) in [6.07, 6.45) is 2.36. The fraction of sp³-hybridized carbons (Fsp3) is 0.286. The van der Waals surface area contributed by atoms with Crippen molar-refractivity contribution >= 4 is 11.9 Å². The van der Waals surface area contributed by atoms with Gasteiger partial charge < -0.3 is 15.5 Å². The average Bonchev–Trinajstić information content (AvgIpc) is 2.88. The molecule has 1 aliphatic rings. The van der Waals surface area contributed by atoms with E-state index >= 15 is 0 Å². The lowest BCUT2D eigenvalue weighted by atomic mass is 9.88. The molecular weight excluding hydrogens is 410 g/mol. The highest BCUT2D eigenvalue weighted by molar-refractivity contribution is 5.94. The van der Waals surface area contributed by atoms with E-state index in [1.165, 1.54) is 11.1 Å². The van der Waals surface area contributed by atoms with Crippen LogP contribution in [0, 0.1) is 0 Å². The Morgan fingerprint density at radius 2 is 1.30 bits per heavy atom. The smallest absolute Gasteiger partial charge is 0.315 e. The first kappa shape index (κ1) is 22.6. The molecule has 0 aliphatic carbocycles. The van der Waals surface area contributed by atoms with E-state index in [0.717, 1.165) is 19.3 Å². The summed E-state index contributed by atoms with van der Waals surface area (Å²) in [6.45, 7) is 1.90. The van der Waals surface area contributed by atoms with Crippen molar-refractivity contribution in [3.63, 3.8) is 0 Å². The molecule has 0 aromatic heterocycles. The van der Waals surface area contributed by atoms with E-state index in [-0.39, 0.29) is 23.9 Å². The zero-order valence-electron chi connectivity index (χ0n) is 18.8. The van der Waals surface area contributed by atoms with Crippen LogP contribution in [-0.4, -0.2) is 42.5 Å². The van der Waals surface area contributed by atoms with Crippen LogP contribution in [-0.2, 0) is 0 Å². The normalized spacial score (nSPS) is 14.2. The summed E-state index contributed by atoms with van der Waals surface area (Å²) in [5, 5.41) is 6.11. The third kappa shape index (κ3) is 6.22. The van der Waals surface area contributed by atoms with E-state index in [1.807, 2.05) is 47.4 Å². The molecule has 5 nitrogen and oxygen atoms in total. The Bertz CT molecular complexity index is 977. The molecule has 1 saturated heterocycles. The van der Waals surface area contributed by atoms with Gasteiger partial charge in [-0.1, -0.05) is 78.9 Å². The third-order valence-electron chi connectivity index (χ3n) is 6.26. The molecule has 3 aromatic carbocycles. The van der Waals surface area contributed by atoms with Gasteiger partial charge in [-0.2, -0.15) is 0 Å². The topological polar surface area (TPSA) is 61.4 Å². The maximum absolute atomic E-state index is 12.6. The Morgan fingerprint density at radius 3 is 1.85 bits per heavy atom. The largest absolute Gasteiger partial charge is 0.338 e. The number of amides is 3. The van der Waals surface area contributed by atoms with Gasteiger partial charge in [0.25, 0.3) is 5.91 Å². The number of carbonyl (C=O) groups excluding carboxylic acids is 2. The van der Waals surface area contributed by atoms with Gasteiger partial charge >= 0.3 is 6.03 Å². The van der Waals surface area contributed by atoms with Crippen LogP contribution in [0.5, 0.6) is 0 Å². The SMILES string of the molecule is O=C(NCCC(c1ccccc1)c1ccccc1)NC1CCN(C(=O)c2ccccc2)CC1. The monoisotopic (exact) mass is 441 g/mol. The number of carbonyl (C=O) groups is 2. The minimum Gasteiger partial charge on any atom is -0.338 e. The molecule has 1 aliphatic heterocycles. The molecule has 170 valence electrons. The van der Waals surface area contributed by atoms with Crippen molar-refractivity contribution in [2.24, 2.45) is 0 Å². The van der Waals surface area contributed by atoms with Gasteiger partial charge in [-0.05, 0) is 42.5 Å². The number of likely N-dealkylation sites (tertiary alicyclic amines) is 1. The fourth-order valence-corrected chi connectivity index (χ4v) is 4.45. The van der Waals surface area contributed by atoms with Gasteiger partial charge in [-0.3, -0.25) is 4.79 Å². The number of piperidine rings is 1. The molecule has 1 heterocycles. The van der Waals surface area contributed by atoms with Crippen LogP contribution in [0.15, 0.2) is 91.0 Å². The molecule has 4 rings (SSSR count). The second kappa shape index (κ2) is 11.3.